The largest absolute Gasteiger partial charge is 0.434 e. The predicted molar refractivity (Wildman–Crippen MR) is 74.3 cm³/mol. The molecule has 0 N–H and O–H groups in total. The van der Waals surface area contributed by atoms with Crippen LogP contribution in [0.2, 0.25) is 0 Å². The third kappa shape index (κ3) is 3.98. The molecule has 0 atom stereocenters. The van der Waals surface area contributed by atoms with Crippen LogP contribution in [0.1, 0.15) is 22.8 Å². The second kappa shape index (κ2) is 6.78. The number of aromatic nitrogens is 2. The molecular formula is C15H14F2N2O2. The molecule has 0 amide bonds. The number of allylic oxidation sites excluding steroid dienone is 1. The van der Waals surface area contributed by atoms with Crippen molar-refractivity contribution < 1.29 is 18.3 Å². The molecule has 0 unspecified atom stereocenters. The first-order chi connectivity index (χ1) is 10.1. The monoisotopic (exact) mass is 292 g/mol. The Hall–Kier alpha value is -2.50. The molecule has 0 spiro atoms. The number of rotatable bonds is 6. The molecule has 0 saturated carbocycles. The number of ketones is 1. The number of carbonyl (C=O) groups excluding carboxylic acids is 1. The first kappa shape index (κ1) is 14.9. The van der Waals surface area contributed by atoms with Crippen molar-refractivity contribution in [3.63, 3.8) is 0 Å². The van der Waals surface area contributed by atoms with E-state index < -0.39 is 6.61 Å². The Morgan fingerprint density at radius 3 is 2.86 bits per heavy atom. The highest BCUT2D eigenvalue weighted by Gasteiger charge is 2.08. The molecule has 1 aromatic carbocycles. The highest BCUT2D eigenvalue weighted by atomic mass is 19.3. The number of alkyl halides is 2. The summed E-state index contributed by atoms with van der Waals surface area (Å²) in [6.45, 7) is -0.324. The Kier molecular flexibility index (Phi) is 4.81. The van der Waals surface area contributed by atoms with E-state index in [0.29, 0.717) is 17.7 Å². The van der Waals surface area contributed by atoms with Gasteiger partial charge < -0.3 is 4.74 Å². The summed E-state index contributed by atoms with van der Waals surface area (Å²) >= 11 is 0. The molecule has 0 aliphatic rings. The SMILES string of the molecule is CCn1cc(C(=O)/C=C/c2ccccc2OC(F)F)cn1. The van der Waals surface area contributed by atoms with E-state index in [9.17, 15) is 13.6 Å². The molecule has 1 heterocycles. The average Bonchev–Trinajstić information content (AvgIpc) is 2.94. The van der Waals surface area contributed by atoms with Gasteiger partial charge in [-0.3, -0.25) is 9.48 Å². The molecule has 0 aliphatic heterocycles. The molecule has 2 aromatic rings. The van der Waals surface area contributed by atoms with Crippen LogP contribution in [0.3, 0.4) is 0 Å². The maximum atomic E-state index is 12.3. The summed E-state index contributed by atoms with van der Waals surface area (Å²) in [5, 5.41) is 4.01. The normalized spacial score (nSPS) is 11.2. The molecule has 1 aromatic heterocycles. The second-order valence-electron chi connectivity index (χ2n) is 4.20. The molecule has 110 valence electrons. The highest BCUT2D eigenvalue weighted by Crippen LogP contribution is 2.21. The molecule has 21 heavy (non-hydrogen) atoms. The number of carbonyl (C=O) groups is 1. The van der Waals surface area contributed by atoms with Crippen molar-refractivity contribution in [2.45, 2.75) is 20.1 Å². The topological polar surface area (TPSA) is 44.1 Å². The lowest BCUT2D eigenvalue weighted by Crippen LogP contribution is -2.03. The fraction of sp³-hybridized carbons (Fsp3) is 0.200. The van der Waals surface area contributed by atoms with Gasteiger partial charge in [0.05, 0.1) is 11.8 Å². The molecule has 0 bridgehead atoms. The van der Waals surface area contributed by atoms with Gasteiger partial charge in [-0.1, -0.05) is 18.2 Å². The Morgan fingerprint density at radius 1 is 1.43 bits per heavy atom. The zero-order valence-corrected chi connectivity index (χ0v) is 11.4. The van der Waals surface area contributed by atoms with Gasteiger partial charge in [0.15, 0.2) is 5.78 Å². The predicted octanol–water partition coefficient (Wildman–Crippen LogP) is 3.40. The second-order valence-corrected chi connectivity index (χ2v) is 4.20. The molecule has 0 aliphatic carbocycles. The number of hydrogen-bond acceptors (Lipinski definition) is 3. The summed E-state index contributed by atoms with van der Waals surface area (Å²) in [7, 11) is 0. The van der Waals surface area contributed by atoms with Crippen molar-refractivity contribution in [2.24, 2.45) is 0 Å². The maximum absolute atomic E-state index is 12.3. The summed E-state index contributed by atoms with van der Waals surface area (Å²) < 4.78 is 30.6. The van der Waals surface area contributed by atoms with E-state index in [1.165, 1.54) is 24.4 Å². The summed E-state index contributed by atoms with van der Waals surface area (Å²) in [5.74, 6) is -0.220. The van der Waals surface area contributed by atoms with E-state index in [0.717, 1.165) is 0 Å². The third-order valence-electron chi connectivity index (χ3n) is 2.79. The highest BCUT2D eigenvalue weighted by molar-refractivity contribution is 6.06. The molecule has 4 nitrogen and oxygen atoms in total. The number of benzene rings is 1. The molecule has 0 fully saturated rings. The first-order valence-electron chi connectivity index (χ1n) is 6.39. The van der Waals surface area contributed by atoms with Crippen molar-refractivity contribution in [3.8, 4) is 5.75 Å². The van der Waals surface area contributed by atoms with E-state index in [1.54, 1.807) is 29.1 Å². The molecule has 2 rings (SSSR count). The zero-order valence-electron chi connectivity index (χ0n) is 11.4. The van der Waals surface area contributed by atoms with E-state index in [1.807, 2.05) is 6.92 Å². The minimum absolute atomic E-state index is 0.0285. The number of aryl methyl sites for hydroxylation is 1. The lowest BCUT2D eigenvalue weighted by Gasteiger charge is -2.06. The molecule has 0 saturated heterocycles. The quantitative estimate of drug-likeness (QED) is 0.605. The van der Waals surface area contributed by atoms with Crippen LogP contribution >= 0.6 is 0 Å². The van der Waals surface area contributed by atoms with Crippen molar-refractivity contribution in [3.05, 3.63) is 53.9 Å². The van der Waals surface area contributed by atoms with Crippen LogP contribution in [0, 0.1) is 0 Å². The van der Waals surface area contributed by atoms with Gasteiger partial charge in [0, 0.05) is 18.3 Å². The van der Waals surface area contributed by atoms with E-state index >= 15 is 0 Å². The Morgan fingerprint density at radius 2 is 2.19 bits per heavy atom. The fourth-order valence-electron chi connectivity index (χ4n) is 1.75. The first-order valence-corrected chi connectivity index (χ1v) is 6.39. The number of ether oxygens (including phenoxy) is 1. The van der Waals surface area contributed by atoms with E-state index in [2.05, 4.69) is 9.84 Å². The van der Waals surface area contributed by atoms with Crippen LogP contribution in [0.15, 0.2) is 42.7 Å². The smallest absolute Gasteiger partial charge is 0.387 e. The minimum Gasteiger partial charge on any atom is -0.434 e. The Labute approximate surface area is 120 Å². The lowest BCUT2D eigenvalue weighted by atomic mass is 10.1. The van der Waals surface area contributed by atoms with Gasteiger partial charge in [0.2, 0.25) is 0 Å². The van der Waals surface area contributed by atoms with Gasteiger partial charge >= 0.3 is 6.61 Å². The third-order valence-corrected chi connectivity index (χ3v) is 2.79. The van der Waals surface area contributed by atoms with Gasteiger partial charge in [-0.05, 0) is 25.1 Å². The summed E-state index contributed by atoms with van der Waals surface area (Å²) in [6.07, 6.45) is 5.86. The summed E-state index contributed by atoms with van der Waals surface area (Å²) in [4.78, 5) is 12.0. The number of halogens is 2. The van der Waals surface area contributed by atoms with Gasteiger partial charge in [-0.15, -0.1) is 0 Å². The van der Waals surface area contributed by atoms with Crippen molar-refractivity contribution >= 4 is 11.9 Å². The minimum atomic E-state index is -2.90. The number of para-hydroxylation sites is 1. The van der Waals surface area contributed by atoms with Gasteiger partial charge in [0.25, 0.3) is 0 Å². The maximum Gasteiger partial charge on any atom is 0.387 e. The average molecular weight is 292 g/mol. The number of nitrogens with zero attached hydrogens (tertiary/aromatic N) is 2. The molecular weight excluding hydrogens is 278 g/mol. The zero-order chi connectivity index (χ0) is 15.2. The molecule has 0 radical (unpaired) electrons. The van der Waals surface area contributed by atoms with Gasteiger partial charge in [-0.2, -0.15) is 13.9 Å². The summed E-state index contributed by atoms with van der Waals surface area (Å²) in [6, 6.07) is 6.28. The van der Waals surface area contributed by atoms with Crippen molar-refractivity contribution in [1.29, 1.82) is 0 Å². The van der Waals surface area contributed by atoms with E-state index in [-0.39, 0.29) is 11.5 Å². The fourth-order valence-corrected chi connectivity index (χ4v) is 1.75. The van der Waals surface area contributed by atoms with Crippen LogP contribution in [0.4, 0.5) is 8.78 Å². The van der Waals surface area contributed by atoms with Crippen LogP contribution in [0.5, 0.6) is 5.75 Å². The lowest BCUT2D eigenvalue weighted by molar-refractivity contribution is -0.0499. The van der Waals surface area contributed by atoms with Crippen LogP contribution in [0.25, 0.3) is 6.08 Å². The van der Waals surface area contributed by atoms with Crippen LogP contribution in [-0.4, -0.2) is 22.2 Å². The van der Waals surface area contributed by atoms with Crippen LogP contribution in [-0.2, 0) is 6.54 Å². The van der Waals surface area contributed by atoms with Crippen molar-refractivity contribution in [1.82, 2.24) is 9.78 Å². The molecule has 6 heteroatoms. The Balaban J connectivity index is 2.15. The van der Waals surface area contributed by atoms with Crippen molar-refractivity contribution in [2.75, 3.05) is 0 Å². The standard InChI is InChI=1S/C15H14F2N2O2/c1-2-19-10-12(9-18-19)13(20)8-7-11-5-3-4-6-14(11)21-15(16)17/h3-10,15H,2H2,1H3/b8-7+. The van der Waals surface area contributed by atoms with Gasteiger partial charge in [0.1, 0.15) is 5.75 Å². The van der Waals surface area contributed by atoms with Crippen LogP contribution < -0.4 is 4.74 Å². The Bertz CT molecular complexity index is 651. The van der Waals surface area contributed by atoms with E-state index in [4.69, 9.17) is 0 Å². The number of hydrogen-bond donors (Lipinski definition) is 0. The summed E-state index contributed by atoms with van der Waals surface area (Å²) in [5.41, 5.74) is 0.856. The van der Waals surface area contributed by atoms with Gasteiger partial charge in [-0.25, -0.2) is 0 Å².